The van der Waals surface area contributed by atoms with Crippen molar-refractivity contribution in [3.63, 3.8) is 0 Å². The topological polar surface area (TPSA) is 86.8 Å². The molecule has 3 rings (SSSR count). The lowest BCUT2D eigenvalue weighted by atomic mass is 10.1. The van der Waals surface area contributed by atoms with Gasteiger partial charge in [0.15, 0.2) is 0 Å². The van der Waals surface area contributed by atoms with Crippen molar-refractivity contribution >= 4 is 50.7 Å². The zero-order valence-electron chi connectivity index (χ0n) is 21.8. The van der Waals surface area contributed by atoms with Crippen LogP contribution < -0.4 is 9.62 Å². The number of hydrogen-bond donors (Lipinski definition) is 1. The fraction of sp³-hybridized carbons (Fsp3) is 0.286. The second kappa shape index (κ2) is 13.3. The van der Waals surface area contributed by atoms with Crippen LogP contribution in [0.25, 0.3) is 0 Å². The third-order valence-electron chi connectivity index (χ3n) is 6.10. The first-order valence-corrected chi connectivity index (χ1v) is 14.5. The first kappa shape index (κ1) is 30.4. The lowest BCUT2D eigenvalue weighted by Gasteiger charge is -2.33. The van der Waals surface area contributed by atoms with Gasteiger partial charge >= 0.3 is 0 Å². The molecule has 0 aliphatic rings. The summed E-state index contributed by atoms with van der Waals surface area (Å²) in [4.78, 5) is 28.1. The monoisotopic (exact) mass is 593 g/mol. The minimum Gasteiger partial charge on any atom is -0.355 e. The first-order valence-electron chi connectivity index (χ1n) is 12.3. The van der Waals surface area contributed by atoms with Gasteiger partial charge in [-0.25, -0.2) is 12.8 Å². The van der Waals surface area contributed by atoms with E-state index in [9.17, 15) is 22.4 Å². The van der Waals surface area contributed by atoms with Gasteiger partial charge in [-0.3, -0.25) is 13.9 Å². The molecule has 11 heteroatoms. The van der Waals surface area contributed by atoms with Crippen molar-refractivity contribution in [3.8, 4) is 0 Å². The highest BCUT2D eigenvalue weighted by molar-refractivity contribution is 7.92. The molecule has 39 heavy (non-hydrogen) atoms. The van der Waals surface area contributed by atoms with Crippen molar-refractivity contribution in [2.45, 2.75) is 44.7 Å². The van der Waals surface area contributed by atoms with Crippen LogP contribution in [-0.2, 0) is 26.2 Å². The van der Waals surface area contributed by atoms with E-state index in [1.807, 2.05) is 6.92 Å². The summed E-state index contributed by atoms with van der Waals surface area (Å²) in [6.07, 6.45) is 0.268. The summed E-state index contributed by atoms with van der Waals surface area (Å²) < 4.78 is 42.2. The number of carbonyl (C=O) groups is 2. The Kier molecular flexibility index (Phi) is 10.4. The van der Waals surface area contributed by atoms with Crippen LogP contribution >= 0.6 is 23.2 Å². The molecule has 1 atom stereocenters. The number of nitrogens with one attached hydrogen (secondary N) is 1. The lowest BCUT2D eigenvalue weighted by Crippen LogP contribution is -2.52. The number of nitrogens with zero attached hydrogens (tertiary/aromatic N) is 2. The van der Waals surface area contributed by atoms with E-state index >= 15 is 0 Å². The summed E-state index contributed by atoms with van der Waals surface area (Å²) in [5.41, 5.74) is 1.49. The Morgan fingerprint density at radius 1 is 0.974 bits per heavy atom. The Labute approximate surface area is 238 Å². The van der Waals surface area contributed by atoms with E-state index in [0.717, 1.165) is 22.0 Å². The van der Waals surface area contributed by atoms with Crippen molar-refractivity contribution in [2.75, 3.05) is 17.4 Å². The molecule has 0 saturated heterocycles. The molecule has 0 unspecified atom stereocenters. The summed E-state index contributed by atoms with van der Waals surface area (Å²) in [7, 11) is -4.24. The number of likely N-dealkylation sites (N-methyl/N-ethyl adjacent to an activating group) is 1. The van der Waals surface area contributed by atoms with E-state index in [-0.39, 0.29) is 29.5 Å². The van der Waals surface area contributed by atoms with Crippen LogP contribution in [0, 0.1) is 12.7 Å². The van der Waals surface area contributed by atoms with Gasteiger partial charge in [0.1, 0.15) is 18.4 Å². The number of hydrogen-bond acceptors (Lipinski definition) is 4. The maximum Gasteiger partial charge on any atom is 0.264 e. The molecule has 2 amide bonds. The molecule has 0 spiro atoms. The molecule has 0 heterocycles. The van der Waals surface area contributed by atoms with Gasteiger partial charge in [0, 0.05) is 23.1 Å². The minimum absolute atomic E-state index is 0.0340. The maximum atomic E-state index is 13.9. The molecule has 0 bridgehead atoms. The number of carbonyl (C=O) groups excluding carboxylic acids is 2. The average molecular weight is 595 g/mol. The van der Waals surface area contributed by atoms with E-state index in [4.69, 9.17) is 23.2 Å². The third-order valence-corrected chi connectivity index (χ3v) is 8.47. The number of aryl methyl sites for hydroxylation is 1. The van der Waals surface area contributed by atoms with Gasteiger partial charge in [0.05, 0.1) is 10.6 Å². The van der Waals surface area contributed by atoms with E-state index in [1.165, 1.54) is 35.2 Å². The molecular weight excluding hydrogens is 564 g/mol. The minimum atomic E-state index is -4.24. The second-order valence-electron chi connectivity index (χ2n) is 8.88. The first-order chi connectivity index (χ1) is 18.5. The summed E-state index contributed by atoms with van der Waals surface area (Å²) in [5, 5.41) is 3.44. The molecule has 0 radical (unpaired) electrons. The molecule has 3 aromatic carbocycles. The van der Waals surface area contributed by atoms with E-state index in [0.29, 0.717) is 22.2 Å². The number of benzene rings is 3. The highest BCUT2D eigenvalue weighted by Crippen LogP contribution is 2.27. The van der Waals surface area contributed by atoms with Crippen molar-refractivity contribution in [1.29, 1.82) is 0 Å². The van der Waals surface area contributed by atoms with Gasteiger partial charge < -0.3 is 10.2 Å². The van der Waals surface area contributed by atoms with Crippen LogP contribution in [0.15, 0.2) is 71.6 Å². The summed E-state index contributed by atoms with van der Waals surface area (Å²) in [6.45, 7) is 4.99. The van der Waals surface area contributed by atoms with Crippen LogP contribution in [0.4, 0.5) is 10.1 Å². The quantitative estimate of drug-likeness (QED) is 0.314. The highest BCUT2D eigenvalue weighted by Gasteiger charge is 2.33. The molecule has 208 valence electrons. The van der Waals surface area contributed by atoms with Gasteiger partial charge in [0.25, 0.3) is 10.0 Å². The zero-order chi connectivity index (χ0) is 28.7. The predicted octanol–water partition coefficient (Wildman–Crippen LogP) is 5.58. The molecule has 7 nitrogen and oxygen atoms in total. The number of rotatable bonds is 11. The fourth-order valence-electron chi connectivity index (χ4n) is 4.02. The van der Waals surface area contributed by atoms with Gasteiger partial charge in [-0.1, -0.05) is 53.9 Å². The highest BCUT2D eigenvalue weighted by atomic mass is 35.5. The van der Waals surface area contributed by atoms with Crippen LogP contribution in [0.2, 0.25) is 10.0 Å². The largest absolute Gasteiger partial charge is 0.355 e. The fourth-order valence-corrected chi connectivity index (χ4v) is 5.90. The van der Waals surface area contributed by atoms with Gasteiger partial charge in [-0.15, -0.1) is 0 Å². The van der Waals surface area contributed by atoms with Crippen LogP contribution in [0.1, 0.15) is 31.4 Å². The number of sulfonamides is 1. The van der Waals surface area contributed by atoms with Gasteiger partial charge in [-0.2, -0.15) is 0 Å². The predicted molar refractivity (Wildman–Crippen MR) is 152 cm³/mol. The zero-order valence-corrected chi connectivity index (χ0v) is 24.2. The van der Waals surface area contributed by atoms with Gasteiger partial charge in [-0.05, 0) is 74.4 Å². The molecule has 3 aromatic rings. The van der Waals surface area contributed by atoms with Crippen molar-refractivity contribution < 1.29 is 22.4 Å². The average Bonchev–Trinajstić information content (AvgIpc) is 2.89. The molecule has 0 saturated carbocycles. The van der Waals surface area contributed by atoms with Crippen molar-refractivity contribution in [3.05, 3.63) is 93.7 Å². The van der Waals surface area contributed by atoms with E-state index in [2.05, 4.69) is 5.32 Å². The molecule has 0 fully saturated rings. The van der Waals surface area contributed by atoms with Crippen molar-refractivity contribution in [2.24, 2.45) is 0 Å². The number of halogens is 3. The molecule has 0 aliphatic carbocycles. The van der Waals surface area contributed by atoms with Crippen LogP contribution in [0.3, 0.4) is 0 Å². The number of anilines is 1. The van der Waals surface area contributed by atoms with Gasteiger partial charge in [0.2, 0.25) is 11.8 Å². The van der Waals surface area contributed by atoms with Crippen molar-refractivity contribution in [1.82, 2.24) is 10.2 Å². The smallest absolute Gasteiger partial charge is 0.264 e. The summed E-state index contributed by atoms with van der Waals surface area (Å²) in [5.74, 6) is -1.58. The number of amides is 2. The summed E-state index contributed by atoms with van der Waals surface area (Å²) in [6, 6.07) is 14.9. The Hall–Kier alpha value is -3.14. The van der Waals surface area contributed by atoms with E-state index < -0.39 is 34.3 Å². The third kappa shape index (κ3) is 7.50. The van der Waals surface area contributed by atoms with Crippen LogP contribution in [0.5, 0.6) is 0 Å². The molecule has 0 aliphatic heterocycles. The molecule has 0 aromatic heterocycles. The lowest BCUT2D eigenvalue weighted by molar-refractivity contribution is -0.140. The van der Waals surface area contributed by atoms with E-state index in [1.54, 1.807) is 38.1 Å². The Bertz CT molecular complexity index is 1420. The SMILES string of the molecule is CCNC(=O)[C@@H](CC)N(Cc1ccc(Cl)cc1Cl)C(=O)CN(c1ccc(F)cc1)S(=O)(=O)c1ccc(C)cc1. The Morgan fingerprint density at radius 2 is 1.62 bits per heavy atom. The molecule has 1 N–H and O–H groups in total. The van der Waals surface area contributed by atoms with Crippen LogP contribution in [-0.4, -0.2) is 44.3 Å². The maximum absolute atomic E-state index is 13.9. The Morgan fingerprint density at radius 3 is 2.18 bits per heavy atom. The standard InChI is InChI=1S/C28H30Cl2FN3O4S/c1-4-26(28(36)32-5-2)33(17-20-8-9-21(29)16-25(20)30)27(35)18-34(23-12-10-22(31)11-13-23)39(37,38)24-14-6-19(3)7-15-24/h6-16,26H,4-5,17-18H2,1-3H3,(H,32,36)/t26-/m1/s1. The second-order valence-corrected chi connectivity index (χ2v) is 11.6. The summed E-state index contributed by atoms with van der Waals surface area (Å²) >= 11 is 12.4. The molecular formula is C28H30Cl2FN3O4S. The normalized spacial score (nSPS) is 12.1. The Balaban J connectivity index is 2.07.